The van der Waals surface area contributed by atoms with E-state index in [0.29, 0.717) is 18.5 Å². The van der Waals surface area contributed by atoms with Crippen LogP contribution in [-0.2, 0) is 16.1 Å². The molecule has 1 saturated heterocycles. The number of hydrogen-bond acceptors (Lipinski definition) is 2. The smallest absolute Gasteiger partial charge is 0.239 e. The molecule has 1 aliphatic heterocycles. The predicted molar refractivity (Wildman–Crippen MR) is 94.8 cm³/mol. The van der Waals surface area contributed by atoms with Gasteiger partial charge < -0.3 is 10.2 Å². The van der Waals surface area contributed by atoms with Crippen LogP contribution >= 0.6 is 11.6 Å². The maximum atomic E-state index is 13.9. The highest BCUT2D eigenvalue weighted by molar-refractivity contribution is 6.30. The fraction of sp³-hybridized carbons (Fsp3) is 0.263. The lowest BCUT2D eigenvalue weighted by atomic mass is 9.95. The minimum Gasteiger partial charge on any atom is -0.351 e. The van der Waals surface area contributed by atoms with Crippen LogP contribution in [0, 0.1) is 11.7 Å². The van der Waals surface area contributed by atoms with E-state index in [2.05, 4.69) is 5.32 Å². The van der Waals surface area contributed by atoms with Crippen molar-refractivity contribution in [2.75, 3.05) is 11.4 Å². The Hall–Kier alpha value is -2.40. The first-order chi connectivity index (χ1) is 12.1. The fourth-order valence-corrected chi connectivity index (χ4v) is 3.17. The summed E-state index contributed by atoms with van der Waals surface area (Å²) in [5, 5.41) is 2.66. The van der Waals surface area contributed by atoms with E-state index in [0.717, 1.165) is 12.1 Å². The molecule has 2 amide bonds. The Morgan fingerprint density at radius 2 is 1.96 bits per heavy atom. The summed E-state index contributed by atoms with van der Waals surface area (Å²) in [5.74, 6) is -1.91. The Labute approximate surface area is 150 Å². The van der Waals surface area contributed by atoms with Gasteiger partial charge in [0.1, 0.15) is 11.7 Å². The van der Waals surface area contributed by atoms with Crippen molar-refractivity contribution in [2.24, 2.45) is 5.92 Å². The Bertz CT molecular complexity index is 782. The van der Waals surface area contributed by atoms with E-state index < -0.39 is 11.7 Å². The van der Waals surface area contributed by atoms with E-state index in [1.54, 1.807) is 17.0 Å². The molecule has 25 heavy (non-hydrogen) atoms. The van der Waals surface area contributed by atoms with E-state index in [-0.39, 0.29) is 23.4 Å². The van der Waals surface area contributed by atoms with Crippen molar-refractivity contribution < 1.29 is 14.0 Å². The molecule has 2 aromatic carbocycles. The average Bonchev–Trinajstić information content (AvgIpc) is 2.63. The number of anilines is 1. The lowest BCUT2D eigenvalue weighted by molar-refractivity contribution is -0.135. The maximum Gasteiger partial charge on any atom is 0.239 e. The van der Waals surface area contributed by atoms with Crippen LogP contribution in [0.3, 0.4) is 0 Å². The molecule has 1 aliphatic rings. The highest BCUT2D eigenvalue weighted by atomic mass is 35.5. The number of para-hydroxylation sites is 1. The topological polar surface area (TPSA) is 49.4 Å². The highest BCUT2D eigenvalue weighted by Gasteiger charge is 2.34. The molecule has 1 N–H and O–H groups in total. The molecule has 0 aliphatic carbocycles. The second-order valence-electron chi connectivity index (χ2n) is 5.95. The van der Waals surface area contributed by atoms with Gasteiger partial charge in [0.15, 0.2) is 0 Å². The van der Waals surface area contributed by atoms with Crippen LogP contribution in [0.2, 0.25) is 5.02 Å². The number of nitrogens with zero attached hydrogens (tertiary/aromatic N) is 1. The zero-order chi connectivity index (χ0) is 17.8. The second kappa shape index (κ2) is 7.66. The summed E-state index contributed by atoms with van der Waals surface area (Å²) < 4.78 is 13.9. The first kappa shape index (κ1) is 17.4. The van der Waals surface area contributed by atoms with Crippen molar-refractivity contribution in [3.8, 4) is 0 Å². The van der Waals surface area contributed by atoms with Crippen LogP contribution in [0.15, 0.2) is 48.5 Å². The summed E-state index contributed by atoms with van der Waals surface area (Å²) in [6.07, 6.45) is 1.23. The van der Waals surface area contributed by atoms with Gasteiger partial charge >= 0.3 is 0 Å². The molecule has 1 unspecified atom stereocenters. The minimum atomic E-state index is -0.754. The largest absolute Gasteiger partial charge is 0.351 e. The monoisotopic (exact) mass is 360 g/mol. The van der Waals surface area contributed by atoms with Crippen LogP contribution in [0.4, 0.5) is 10.1 Å². The molecule has 4 nitrogen and oxygen atoms in total. The molecule has 1 atom stereocenters. The lowest BCUT2D eigenvalue weighted by Crippen LogP contribution is -2.47. The third-order valence-electron chi connectivity index (χ3n) is 4.31. The Kier molecular flexibility index (Phi) is 5.34. The number of rotatable bonds is 4. The van der Waals surface area contributed by atoms with Gasteiger partial charge in [0, 0.05) is 24.3 Å². The Balaban J connectivity index is 1.67. The molecule has 3 rings (SSSR count). The van der Waals surface area contributed by atoms with E-state index in [9.17, 15) is 14.0 Å². The summed E-state index contributed by atoms with van der Waals surface area (Å²) in [6.45, 7) is 0.593. The van der Waals surface area contributed by atoms with E-state index in [1.807, 2.05) is 30.3 Å². The van der Waals surface area contributed by atoms with Gasteiger partial charge in [-0.3, -0.25) is 9.59 Å². The summed E-state index contributed by atoms with van der Waals surface area (Å²) in [4.78, 5) is 26.7. The summed E-state index contributed by atoms with van der Waals surface area (Å²) >= 11 is 5.74. The number of nitrogens with one attached hydrogen (secondary N) is 1. The van der Waals surface area contributed by atoms with Gasteiger partial charge in [0.05, 0.1) is 5.02 Å². The van der Waals surface area contributed by atoms with Crippen LogP contribution in [0.1, 0.15) is 18.4 Å². The number of amides is 2. The number of piperidine rings is 1. The zero-order valence-corrected chi connectivity index (χ0v) is 14.3. The SMILES string of the molecule is O=C(NCc1cccc(Cl)c1F)C1CCCN(c2ccccc2)C1=O. The standard InChI is InChI=1S/C19H18ClFN2O2/c20-16-10-4-6-13(17(16)21)12-22-18(24)15-9-5-11-23(19(15)25)14-7-2-1-3-8-14/h1-4,6-8,10,15H,5,9,11-12H2,(H,22,24). The number of carbonyl (C=O) groups is 2. The summed E-state index contributed by atoms with van der Waals surface area (Å²) in [6, 6.07) is 13.9. The molecule has 0 spiro atoms. The molecule has 0 aromatic heterocycles. The van der Waals surface area contributed by atoms with Gasteiger partial charge in [-0.15, -0.1) is 0 Å². The third-order valence-corrected chi connectivity index (χ3v) is 4.60. The number of hydrogen-bond donors (Lipinski definition) is 1. The van der Waals surface area contributed by atoms with Crippen LogP contribution in [-0.4, -0.2) is 18.4 Å². The Morgan fingerprint density at radius 1 is 1.20 bits per heavy atom. The molecular formula is C19H18ClFN2O2. The molecule has 1 fully saturated rings. The van der Waals surface area contributed by atoms with Crippen molar-refractivity contribution in [3.05, 3.63) is 64.9 Å². The van der Waals surface area contributed by atoms with Crippen LogP contribution < -0.4 is 10.2 Å². The van der Waals surface area contributed by atoms with E-state index in [1.165, 1.54) is 6.07 Å². The number of halogens is 2. The number of carbonyl (C=O) groups excluding carboxylic acids is 2. The summed E-state index contributed by atoms with van der Waals surface area (Å²) in [7, 11) is 0. The molecule has 0 radical (unpaired) electrons. The summed E-state index contributed by atoms with van der Waals surface area (Å²) in [5.41, 5.74) is 1.08. The lowest BCUT2D eigenvalue weighted by Gasteiger charge is -2.31. The van der Waals surface area contributed by atoms with Gasteiger partial charge in [0.25, 0.3) is 0 Å². The molecular weight excluding hydrogens is 343 g/mol. The number of benzene rings is 2. The van der Waals surface area contributed by atoms with Crippen LogP contribution in [0.25, 0.3) is 0 Å². The van der Waals surface area contributed by atoms with E-state index >= 15 is 0 Å². The highest BCUT2D eigenvalue weighted by Crippen LogP contribution is 2.25. The molecule has 6 heteroatoms. The van der Waals surface area contributed by atoms with Gasteiger partial charge in [-0.2, -0.15) is 0 Å². The van der Waals surface area contributed by atoms with Crippen molar-refractivity contribution in [1.82, 2.24) is 5.32 Å². The van der Waals surface area contributed by atoms with Crippen LogP contribution in [0.5, 0.6) is 0 Å². The van der Waals surface area contributed by atoms with Crippen molar-refractivity contribution in [2.45, 2.75) is 19.4 Å². The van der Waals surface area contributed by atoms with Gasteiger partial charge in [-0.1, -0.05) is 41.9 Å². The molecule has 1 heterocycles. The Morgan fingerprint density at radius 3 is 2.72 bits per heavy atom. The molecule has 0 bridgehead atoms. The first-order valence-corrected chi connectivity index (χ1v) is 8.53. The third kappa shape index (κ3) is 3.82. The zero-order valence-electron chi connectivity index (χ0n) is 13.5. The quantitative estimate of drug-likeness (QED) is 0.848. The van der Waals surface area contributed by atoms with Crippen molar-refractivity contribution >= 4 is 29.1 Å². The van der Waals surface area contributed by atoms with Gasteiger partial charge in [-0.05, 0) is 31.0 Å². The molecule has 0 saturated carbocycles. The minimum absolute atomic E-state index is 0.000341. The second-order valence-corrected chi connectivity index (χ2v) is 6.36. The normalized spacial score (nSPS) is 17.4. The molecule has 2 aromatic rings. The van der Waals surface area contributed by atoms with Gasteiger partial charge in [0.2, 0.25) is 11.8 Å². The van der Waals surface area contributed by atoms with Gasteiger partial charge in [-0.25, -0.2) is 4.39 Å². The average molecular weight is 361 g/mol. The predicted octanol–water partition coefficient (Wildman–Crippen LogP) is 3.54. The van der Waals surface area contributed by atoms with E-state index in [4.69, 9.17) is 11.6 Å². The first-order valence-electron chi connectivity index (χ1n) is 8.15. The fourth-order valence-electron chi connectivity index (χ4n) is 2.97. The van der Waals surface area contributed by atoms with Crippen molar-refractivity contribution in [3.63, 3.8) is 0 Å². The van der Waals surface area contributed by atoms with Crippen molar-refractivity contribution in [1.29, 1.82) is 0 Å². The maximum absolute atomic E-state index is 13.9. The molecule has 130 valence electrons.